The number of aliphatic hydroxyl groups is 1. The Kier molecular flexibility index (Phi) is 7.82. The second-order valence-corrected chi connectivity index (χ2v) is 3.25. The van der Waals surface area contributed by atoms with Crippen LogP contribution in [0.5, 0.6) is 0 Å². The fourth-order valence-electron chi connectivity index (χ4n) is 1.08. The molecule has 0 aliphatic carbocycles. The predicted octanol–water partition coefficient (Wildman–Crippen LogP) is -3.21. The van der Waals surface area contributed by atoms with E-state index in [0.717, 1.165) is 5.56 Å². The Morgan fingerprint density at radius 1 is 1.35 bits per heavy atom. The molecule has 0 spiro atoms. The van der Waals surface area contributed by atoms with E-state index in [0.29, 0.717) is 0 Å². The molecule has 1 aromatic carbocycles. The van der Waals surface area contributed by atoms with Gasteiger partial charge in [0.1, 0.15) is 0 Å². The number of hydrogen-bond acceptors (Lipinski definition) is 4. The Morgan fingerprint density at radius 3 is 2.47 bits per heavy atom. The summed E-state index contributed by atoms with van der Waals surface area (Å²) in [6.07, 6.45) is -2.16. The molecule has 0 saturated carbocycles. The number of carbonyl (C=O) groups is 1. The summed E-state index contributed by atoms with van der Waals surface area (Å²) >= 11 is 0. The van der Waals surface area contributed by atoms with Gasteiger partial charge in [0.2, 0.25) is 0 Å². The van der Waals surface area contributed by atoms with E-state index in [-0.39, 0.29) is 36.1 Å². The summed E-state index contributed by atoms with van der Waals surface area (Å²) in [5, 5.41) is 28.4. The van der Waals surface area contributed by atoms with Crippen LogP contribution in [-0.2, 0) is 11.3 Å². The molecule has 0 aliphatic rings. The van der Waals surface area contributed by atoms with Crippen LogP contribution in [0.15, 0.2) is 35.3 Å². The molecular weight excluding hydrogens is 233 g/mol. The summed E-state index contributed by atoms with van der Waals surface area (Å²) in [5.74, 6) is -2.03. The van der Waals surface area contributed by atoms with Crippen LogP contribution in [0.25, 0.3) is 0 Å². The van der Waals surface area contributed by atoms with Crippen molar-refractivity contribution in [2.24, 2.45) is 4.99 Å². The van der Waals surface area contributed by atoms with Crippen molar-refractivity contribution < 1.29 is 49.7 Å². The number of carboxylic acid groups (broad SMARTS) is 1. The average Bonchev–Trinajstić information content (AvgIpc) is 2.27. The van der Waals surface area contributed by atoms with Crippen molar-refractivity contribution in [2.45, 2.75) is 19.1 Å². The van der Waals surface area contributed by atoms with Crippen LogP contribution >= 0.6 is 0 Å². The third kappa shape index (κ3) is 6.43. The molecule has 0 saturated heterocycles. The van der Waals surface area contributed by atoms with Crippen molar-refractivity contribution in [3.63, 3.8) is 0 Å². The molecule has 0 unspecified atom stereocenters. The summed E-state index contributed by atoms with van der Waals surface area (Å²) < 4.78 is 0. The summed E-state index contributed by atoms with van der Waals surface area (Å²) in [6.45, 7) is 0.200. The average molecular weight is 245 g/mol. The molecular formula is C11H12NNaO4. The third-order valence-corrected chi connectivity index (χ3v) is 1.93. The Hall–Kier alpha value is -0.880. The molecule has 0 heterocycles. The number of nitrogens with zero attached hydrogens (tertiary/aromatic N) is 1. The molecule has 2 N–H and O–H groups in total. The van der Waals surface area contributed by atoms with Crippen LogP contribution in [0, 0.1) is 0 Å². The van der Waals surface area contributed by atoms with Gasteiger partial charge in [-0.3, -0.25) is 0 Å². The SMILES string of the molecule is O=C(O)[C@@H](O)CC([O-])=NCc1ccccc1.[Na+]. The molecule has 1 atom stereocenters. The van der Waals surface area contributed by atoms with Crippen LogP contribution in [0.4, 0.5) is 0 Å². The standard InChI is InChI=1S/C11H13NO4.Na/c13-9(11(15)16)6-10(14)12-7-8-4-2-1-3-5-8;/h1-5,9,13H,6-7H2,(H,12,14)(H,15,16);/q;+1/p-1/t9-;/m0./s1. The smallest absolute Gasteiger partial charge is 0.862 e. The second-order valence-electron chi connectivity index (χ2n) is 3.25. The molecule has 0 radical (unpaired) electrons. The molecule has 86 valence electrons. The summed E-state index contributed by atoms with van der Waals surface area (Å²) in [4.78, 5) is 13.9. The molecule has 0 fully saturated rings. The van der Waals surface area contributed by atoms with Gasteiger partial charge in [0.15, 0.2) is 6.10 Å². The molecule has 1 rings (SSSR count). The minimum absolute atomic E-state index is 0. The van der Waals surface area contributed by atoms with E-state index in [4.69, 9.17) is 10.2 Å². The van der Waals surface area contributed by atoms with Gasteiger partial charge in [0.05, 0.1) is 6.54 Å². The van der Waals surface area contributed by atoms with Gasteiger partial charge in [0.25, 0.3) is 0 Å². The number of benzene rings is 1. The van der Waals surface area contributed by atoms with Crippen LogP contribution < -0.4 is 34.7 Å². The number of rotatable bonds is 5. The quantitative estimate of drug-likeness (QED) is 0.324. The zero-order chi connectivity index (χ0) is 12.0. The van der Waals surface area contributed by atoms with Gasteiger partial charge in [0, 0.05) is 6.42 Å². The Bertz CT molecular complexity index is 380. The number of hydrogen-bond donors (Lipinski definition) is 2. The van der Waals surface area contributed by atoms with Crippen molar-refractivity contribution in [3.05, 3.63) is 35.9 Å². The number of aliphatic hydroxyl groups excluding tert-OH is 1. The van der Waals surface area contributed by atoms with Gasteiger partial charge < -0.3 is 20.3 Å². The molecule has 0 amide bonds. The van der Waals surface area contributed by atoms with Gasteiger partial charge in [-0.2, -0.15) is 0 Å². The van der Waals surface area contributed by atoms with Crippen LogP contribution in [-0.4, -0.2) is 28.2 Å². The summed E-state index contributed by atoms with van der Waals surface area (Å²) in [7, 11) is 0. The molecule has 5 nitrogen and oxygen atoms in total. The molecule has 17 heavy (non-hydrogen) atoms. The zero-order valence-electron chi connectivity index (χ0n) is 9.54. The molecule has 0 aromatic heterocycles. The van der Waals surface area contributed by atoms with Gasteiger partial charge in [-0.05, 0) is 11.5 Å². The summed E-state index contributed by atoms with van der Waals surface area (Å²) in [5.41, 5.74) is 0.862. The Balaban J connectivity index is 0.00000256. The monoisotopic (exact) mass is 245 g/mol. The van der Waals surface area contributed by atoms with E-state index in [1.807, 2.05) is 30.3 Å². The maximum atomic E-state index is 11.1. The van der Waals surface area contributed by atoms with E-state index in [1.165, 1.54) is 0 Å². The number of aliphatic carboxylic acids is 1. The molecule has 6 heteroatoms. The maximum Gasteiger partial charge on any atom is 1.00 e. The van der Waals surface area contributed by atoms with Crippen molar-refractivity contribution in [1.82, 2.24) is 0 Å². The number of carboxylic acids is 1. The van der Waals surface area contributed by atoms with Gasteiger partial charge in [-0.1, -0.05) is 30.3 Å². The van der Waals surface area contributed by atoms with E-state index in [1.54, 1.807) is 0 Å². The zero-order valence-corrected chi connectivity index (χ0v) is 11.5. The number of aliphatic imine (C=N–C) groups is 1. The van der Waals surface area contributed by atoms with E-state index in [2.05, 4.69) is 4.99 Å². The fraction of sp³-hybridized carbons (Fsp3) is 0.273. The molecule has 1 aromatic rings. The first-order chi connectivity index (χ1) is 7.59. The van der Waals surface area contributed by atoms with Crippen LogP contribution in [0.2, 0.25) is 0 Å². The summed E-state index contributed by atoms with van der Waals surface area (Å²) in [6, 6.07) is 9.11. The third-order valence-electron chi connectivity index (χ3n) is 1.93. The van der Waals surface area contributed by atoms with Crippen molar-refractivity contribution in [2.75, 3.05) is 0 Å². The first kappa shape index (κ1) is 16.1. The van der Waals surface area contributed by atoms with Crippen LogP contribution in [0.3, 0.4) is 0 Å². The normalized spacial score (nSPS) is 12.6. The fourth-order valence-corrected chi connectivity index (χ4v) is 1.08. The predicted molar refractivity (Wildman–Crippen MR) is 55.8 cm³/mol. The Labute approximate surface area is 121 Å². The van der Waals surface area contributed by atoms with Crippen molar-refractivity contribution in [3.8, 4) is 0 Å². The van der Waals surface area contributed by atoms with Crippen molar-refractivity contribution in [1.29, 1.82) is 0 Å². The minimum atomic E-state index is -1.67. The largest absolute Gasteiger partial charge is 1.00 e. The van der Waals surface area contributed by atoms with E-state index >= 15 is 0 Å². The maximum absolute atomic E-state index is 11.1. The van der Waals surface area contributed by atoms with Gasteiger partial charge in [-0.15, -0.1) is 0 Å². The first-order valence-electron chi connectivity index (χ1n) is 4.74. The molecule has 0 aliphatic heterocycles. The minimum Gasteiger partial charge on any atom is -0.862 e. The van der Waals surface area contributed by atoms with E-state index < -0.39 is 24.4 Å². The van der Waals surface area contributed by atoms with Crippen molar-refractivity contribution >= 4 is 11.9 Å². The Morgan fingerprint density at radius 2 is 1.94 bits per heavy atom. The van der Waals surface area contributed by atoms with E-state index in [9.17, 15) is 9.90 Å². The first-order valence-corrected chi connectivity index (χ1v) is 4.74. The topological polar surface area (TPSA) is 93.0 Å². The van der Waals surface area contributed by atoms with Crippen LogP contribution in [0.1, 0.15) is 12.0 Å². The van der Waals surface area contributed by atoms with Gasteiger partial charge in [-0.25, -0.2) is 4.79 Å². The van der Waals surface area contributed by atoms with Gasteiger partial charge >= 0.3 is 35.5 Å². The second kappa shape index (κ2) is 8.25. The molecule has 0 bridgehead atoms.